The van der Waals surface area contributed by atoms with Crippen molar-refractivity contribution in [2.45, 2.75) is 97.4 Å². The van der Waals surface area contributed by atoms with E-state index in [0.29, 0.717) is 31.8 Å². The van der Waals surface area contributed by atoms with Gasteiger partial charge in [-0.2, -0.15) is 0 Å². The molecule has 6 nitrogen and oxygen atoms in total. The van der Waals surface area contributed by atoms with Crippen molar-refractivity contribution in [2.24, 2.45) is 23.5 Å². The zero-order valence-corrected chi connectivity index (χ0v) is 25.4. The van der Waals surface area contributed by atoms with E-state index >= 15 is 0 Å². The van der Waals surface area contributed by atoms with Crippen LogP contribution in [0.1, 0.15) is 89.2 Å². The van der Waals surface area contributed by atoms with E-state index in [2.05, 4.69) is 45.1 Å². The number of thiophene rings is 1. The molecule has 1 aromatic heterocycles. The van der Waals surface area contributed by atoms with Gasteiger partial charge in [-0.05, 0) is 73.9 Å². The van der Waals surface area contributed by atoms with Gasteiger partial charge in [0.2, 0.25) is 11.8 Å². The summed E-state index contributed by atoms with van der Waals surface area (Å²) >= 11 is 1.63. The summed E-state index contributed by atoms with van der Waals surface area (Å²) in [5.74, 6) is 1.54. The van der Waals surface area contributed by atoms with E-state index in [0.717, 1.165) is 48.3 Å². The number of amides is 2. The van der Waals surface area contributed by atoms with Crippen molar-refractivity contribution in [2.75, 3.05) is 6.54 Å². The molecule has 0 radical (unpaired) electrons. The third-order valence-electron chi connectivity index (χ3n) is 8.77. The van der Waals surface area contributed by atoms with Crippen molar-refractivity contribution in [3.63, 3.8) is 0 Å². The molecule has 0 bridgehead atoms. The monoisotopic (exact) mass is 565 g/mol. The average Bonchev–Trinajstić information content (AvgIpc) is 3.59. The van der Waals surface area contributed by atoms with Crippen molar-refractivity contribution in [3.8, 4) is 0 Å². The summed E-state index contributed by atoms with van der Waals surface area (Å²) < 4.78 is 6.60. The smallest absolute Gasteiger partial charge is 0.243 e. The van der Waals surface area contributed by atoms with Crippen LogP contribution in [0, 0.1) is 17.8 Å². The number of rotatable bonds is 12. The van der Waals surface area contributed by atoms with Crippen LogP contribution in [0.2, 0.25) is 0 Å². The van der Waals surface area contributed by atoms with Gasteiger partial charge in [0.15, 0.2) is 0 Å². The van der Waals surface area contributed by atoms with E-state index in [1.807, 2.05) is 40.6 Å². The van der Waals surface area contributed by atoms with Gasteiger partial charge in [0.25, 0.3) is 0 Å². The lowest BCUT2D eigenvalue weighted by Gasteiger charge is -2.34. The van der Waals surface area contributed by atoms with Gasteiger partial charge in [0.1, 0.15) is 12.1 Å². The fourth-order valence-electron chi connectivity index (χ4n) is 6.26. The average molecular weight is 566 g/mol. The van der Waals surface area contributed by atoms with Crippen molar-refractivity contribution in [1.82, 2.24) is 10.2 Å². The van der Waals surface area contributed by atoms with Crippen LogP contribution in [-0.4, -0.2) is 35.3 Å². The molecule has 1 unspecified atom stereocenters. The Bertz CT molecular complexity index is 1130. The predicted octanol–water partition coefficient (Wildman–Crippen LogP) is 6.59. The first-order valence-corrected chi connectivity index (χ1v) is 15.9. The second kappa shape index (κ2) is 14.3. The lowest BCUT2D eigenvalue weighted by molar-refractivity contribution is -0.142. The summed E-state index contributed by atoms with van der Waals surface area (Å²) in [5, 5.41) is 5.16. The maximum absolute atomic E-state index is 13.8. The SMILES string of the molecule is CCCN(C(=O)C[C@H]1CC[C@H](N)CC1)[C@@H](CC(C)C1=C(C)[C@@H](C)[C@H](c2ccccc2)O1)C(=O)NCc1cccs1. The number of carbonyl (C=O) groups is 2. The number of ether oxygens (including phenoxy) is 1. The number of nitrogens with two attached hydrogens (primary N) is 1. The van der Waals surface area contributed by atoms with E-state index in [9.17, 15) is 9.59 Å². The van der Waals surface area contributed by atoms with Gasteiger partial charge >= 0.3 is 0 Å². The molecule has 0 saturated heterocycles. The first-order valence-electron chi connectivity index (χ1n) is 15.1. The van der Waals surface area contributed by atoms with Gasteiger partial charge in [-0.25, -0.2) is 0 Å². The highest BCUT2D eigenvalue weighted by atomic mass is 32.1. The summed E-state index contributed by atoms with van der Waals surface area (Å²) in [4.78, 5) is 30.6. The van der Waals surface area contributed by atoms with E-state index in [-0.39, 0.29) is 35.8 Å². The summed E-state index contributed by atoms with van der Waals surface area (Å²) in [6.07, 6.45) is 5.69. The maximum Gasteiger partial charge on any atom is 0.243 e. The van der Waals surface area contributed by atoms with Crippen LogP contribution in [0.15, 0.2) is 59.2 Å². The molecule has 2 aliphatic rings. The second-order valence-electron chi connectivity index (χ2n) is 11.8. The zero-order valence-electron chi connectivity index (χ0n) is 24.6. The van der Waals surface area contributed by atoms with Crippen molar-refractivity contribution in [3.05, 3.63) is 69.6 Å². The first-order chi connectivity index (χ1) is 19.3. The van der Waals surface area contributed by atoms with Gasteiger partial charge in [0, 0.05) is 35.7 Å². The molecule has 0 spiro atoms. The standard InChI is InChI=1S/C33H47N3O3S/c1-5-17-36(30(37)20-25-13-15-27(34)16-14-25)29(33(38)35-21-28-12-9-18-40-28)19-22(2)31-23(3)24(4)32(39-31)26-10-7-6-8-11-26/h6-12,18,22,24-25,27,29,32H,5,13-17,19-21,34H2,1-4H3,(H,35,38)/t22?,24-,25-,27-,29+,32-/m1/s1. The Balaban J connectivity index is 1.52. The van der Waals surface area contributed by atoms with Crippen LogP contribution in [-0.2, 0) is 20.9 Å². The number of hydrogen-bond donors (Lipinski definition) is 2. The zero-order chi connectivity index (χ0) is 28.6. The second-order valence-corrected chi connectivity index (χ2v) is 12.8. The number of allylic oxidation sites excluding steroid dienone is 1. The number of hydrogen-bond acceptors (Lipinski definition) is 5. The van der Waals surface area contributed by atoms with Crippen molar-refractivity contribution < 1.29 is 14.3 Å². The predicted molar refractivity (Wildman–Crippen MR) is 162 cm³/mol. The summed E-state index contributed by atoms with van der Waals surface area (Å²) in [6.45, 7) is 9.60. The largest absolute Gasteiger partial charge is 0.489 e. The quantitative estimate of drug-likeness (QED) is 0.304. The number of nitrogens with one attached hydrogen (secondary N) is 1. The summed E-state index contributed by atoms with van der Waals surface area (Å²) in [5.41, 5.74) is 8.51. The van der Waals surface area contributed by atoms with Gasteiger partial charge in [0.05, 0.1) is 12.3 Å². The molecule has 3 N–H and O–H groups in total. The van der Waals surface area contributed by atoms with Crippen LogP contribution in [0.3, 0.4) is 0 Å². The van der Waals surface area contributed by atoms with Crippen LogP contribution < -0.4 is 11.1 Å². The number of nitrogens with zero attached hydrogens (tertiary/aromatic N) is 1. The van der Waals surface area contributed by atoms with E-state index in [1.54, 1.807) is 11.3 Å². The lowest BCUT2D eigenvalue weighted by Crippen LogP contribution is -2.51. The van der Waals surface area contributed by atoms with Crippen LogP contribution >= 0.6 is 11.3 Å². The van der Waals surface area contributed by atoms with Crippen LogP contribution in [0.5, 0.6) is 0 Å². The summed E-state index contributed by atoms with van der Waals surface area (Å²) in [6, 6.07) is 14.1. The molecular weight excluding hydrogens is 518 g/mol. The van der Waals surface area contributed by atoms with Crippen LogP contribution in [0.4, 0.5) is 0 Å². The molecule has 1 aliphatic carbocycles. The highest BCUT2D eigenvalue weighted by molar-refractivity contribution is 7.09. The number of benzene rings is 1. The molecule has 7 heteroatoms. The Morgan fingerprint density at radius 1 is 1.12 bits per heavy atom. The Hall–Kier alpha value is -2.64. The molecule has 2 heterocycles. The van der Waals surface area contributed by atoms with Gasteiger partial charge in [-0.3, -0.25) is 9.59 Å². The molecule has 1 fully saturated rings. The highest BCUT2D eigenvalue weighted by Crippen LogP contribution is 2.44. The fourth-order valence-corrected chi connectivity index (χ4v) is 6.91. The molecule has 218 valence electrons. The molecule has 2 aromatic rings. The Labute approximate surface area is 244 Å². The summed E-state index contributed by atoms with van der Waals surface area (Å²) in [7, 11) is 0. The topological polar surface area (TPSA) is 84.7 Å². The molecule has 2 amide bonds. The van der Waals surface area contributed by atoms with Gasteiger partial charge in [-0.1, -0.05) is 57.2 Å². The Morgan fingerprint density at radius 2 is 1.85 bits per heavy atom. The molecule has 40 heavy (non-hydrogen) atoms. The first kappa shape index (κ1) is 30.3. The minimum atomic E-state index is -0.553. The fraction of sp³-hybridized carbons (Fsp3) is 0.576. The molecule has 4 rings (SSSR count). The van der Waals surface area contributed by atoms with E-state index < -0.39 is 6.04 Å². The third-order valence-corrected chi connectivity index (χ3v) is 9.64. The van der Waals surface area contributed by atoms with Crippen molar-refractivity contribution >= 4 is 23.2 Å². The highest BCUT2D eigenvalue weighted by Gasteiger charge is 2.38. The minimum Gasteiger partial charge on any atom is -0.489 e. The maximum atomic E-state index is 13.8. The van der Waals surface area contributed by atoms with Gasteiger partial charge < -0.3 is 20.7 Å². The lowest BCUT2D eigenvalue weighted by atomic mass is 9.84. The molecule has 1 aromatic carbocycles. The van der Waals surface area contributed by atoms with Crippen molar-refractivity contribution in [1.29, 1.82) is 0 Å². The van der Waals surface area contributed by atoms with E-state index in [1.165, 1.54) is 5.57 Å². The molecule has 1 aliphatic heterocycles. The van der Waals surface area contributed by atoms with E-state index in [4.69, 9.17) is 10.5 Å². The third kappa shape index (κ3) is 7.55. The minimum absolute atomic E-state index is 0.00603. The van der Waals surface area contributed by atoms with Gasteiger partial charge in [-0.15, -0.1) is 11.3 Å². The Morgan fingerprint density at radius 3 is 2.50 bits per heavy atom. The molecule has 1 saturated carbocycles. The Kier molecular flexibility index (Phi) is 10.8. The van der Waals surface area contributed by atoms with Crippen LogP contribution in [0.25, 0.3) is 0 Å². The molecule has 4 atom stereocenters. The number of carbonyl (C=O) groups excluding carboxylic acids is 2. The molecular formula is C33H47N3O3S. The normalized spacial score (nSPS) is 24.3.